The lowest BCUT2D eigenvalue weighted by molar-refractivity contribution is 0.227. The van der Waals surface area contributed by atoms with Gasteiger partial charge in [0.25, 0.3) is 0 Å². The Hall–Kier alpha value is 0.0700. The van der Waals surface area contributed by atoms with Crippen molar-refractivity contribution in [2.45, 2.75) is 31.3 Å². The van der Waals surface area contributed by atoms with Gasteiger partial charge in [0.2, 0.25) is 0 Å². The molecule has 0 spiro atoms. The molecule has 3 atom stereocenters. The fourth-order valence-electron chi connectivity index (χ4n) is 3.33. The van der Waals surface area contributed by atoms with Crippen LogP contribution in [0, 0.1) is 5.92 Å². The van der Waals surface area contributed by atoms with E-state index in [-0.39, 0.29) is 0 Å². The van der Waals surface area contributed by atoms with Gasteiger partial charge in [-0.2, -0.15) is 0 Å². The molecule has 15 heavy (non-hydrogen) atoms. The minimum Gasteiger partial charge on any atom is -0.311 e. The molecule has 0 saturated carbocycles. The maximum atomic E-state index is 11.2. The fraction of sp³-hybridized carbons (Fsp3) is 1.00. The largest absolute Gasteiger partial charge is 0.311 e. The molecule has 3 rings (SSSR count). The summed E-state index contributed by atoms with van der Waals surface area (Å²) < 4.78 is 11.2. The van der Waals surface area contributed by atoms with E-state index in [0.29, 0.717) is 0 Å². The van der Waals surface area contributed by atoms with Crippen LogP contribution in [0.1, 0.15) is 19.3 Å². The summed E-state index contributed by atoms with van der Waals surface area (Å²) in [6.45, 7) is 3.35. The number of nitrogens with one attached hydrogen (secondary N) is 1. The van der Waals surface area contributed by atoms with Crippen molar-refractivity contribution in [1.29, 1.82) is 0 Å². The summed E-state index contributed by atoms with van der Waals surface area (Å²) in [5.74, 6) is 2.66. The summed E-state index contributed by atoms with van der Waals surface area (Å²) in [4.78, 5) is 2.52. The Morgan fingerprint density at radius 3 is 2.67 bits per heavy atom. The highest BCUT2D eigenvalue weighted by atomic mass is 32.2. The van der Waals surface area contributed by atoms with Crippen molar-refractivity contribution in [3.05, 3.63) is 0 Å². The van der Waals surface area contributed by atoms with Crippen molar-refractivity contribution in [2.75, 3.05) is 31.1 Å². The highest BCUT2D eigenvalue weighted by molar-refractivity contribution is 7.85. The van der Waals surface area contributed by atoms with Crippen molar-refractivity contribution in [3.63, 3.8) is 0 Å². The van der Waals surface area contributed by atoms with Crippen LogP contribution < -0.4 is 5.32 Å². The van der Waals surface area contributed by atoms with E-state index in [9.17, 15) is 4.21 Å². The van der Waals surface area contributed by atoms with Gasteiger partial charge in [-0.25, -0.2) is 0 Å². The van der Waals surface area contributed by atoms with E-state index in [2.05, 4.69) is 10.2 Å². The minimum absolute atomic E-state index is 0.523. The summed E-state index contributed by atoms with van der Waals surface area (Å²) in [5, 5.41) is 3.69. The van der Waals surface area contributed by atoms with Crippen LogP contribution in [-0.4, -0.2) is 52.3 Å². The Bertz CT molecular complexity index is 261. The smallest absolute Gasteiger partial charge is 0.0363 e. The summed E-state index contributed by atoms with van der Waals surface area (Å²) in [7, 11) is -0.523. The predicted molar refractivity (Wildman–Crippen MR) is 62.4 cm³/mol. The Balaban J connectivity index is 1.51. The second-order valence-corrected chi connectivity index (χ2v) is 6.89. The van der Waals surface area contributed by atoms with Crippen molar-refractivity contribution < 1.29 is 4.21 Å². The standard InChI is InChI=1S/C11H20N2OS/c14-15-5-3-13(4-6-15)8-9-7-10-1-2-11(9)12-10/h9-12H,1-8H2. The molecular formula is C11H20N2OS. The van der Waals surface area contributed by atoms with E-state index >= 15 is 0 Å². The maximum absolute atomic E-state index is 11.2. The van der Waals surface area contributed by atoms with Gasteiger partial charge in [-0.15, -0.1) is 0 Å². The molecule has 0 aliphatic carbocycles. The van der Waals surface area contributed by atoms with Gasteiger partial charge in [-0.05, 0) is 25.2 Å². The summed E-state index contributed by atoms with van der Waals surface area (Å²) >= 11 is 0. The fourth-order valence-corrected chi connectivity index (χ4v) is 4.46. The molecule has 0 radical (unpaired) electrons. The quantitative estimate of drug-likeness (QED) is 0.732. The average Bonchev–Trinajstić information content (AvgIpc) is 2.83. The zero-order valence-electron chi connectivity index (χ0n) is 9.15. The van der Waals surface area contributed by atoms with Gasteiger partial charge >= 0.3 is 0 Å². The van der Waals surface area contributed by atoms with Gasteiger partial charge in [0, 0.05) is 54.0 Å². The van der Waals surface area contributed by atoms with Gasteiger partial charge in [-0.3, -0.25) is 4.21 Å². The van der Waals surface area contributed by atoms with Crippen LogP contribution in [0.5, 0.6) is 0 Å². The lowest BCUT2D eigenvalue weighted by atomic mass is 9.89. The number of rotatable bonds is 2. The molecule has 3 fully saturated rings. The molecule has 0 aromatic rings. The van der Waals surface area contributed by atoms with Gasteiger partial charge in [0.15, 0.2) is 0 Å². The Morgan fingerprint density at radius 1 is 1.27 bits per heavy atom. The zero-order chi connectivity index (χ0) is 10.3. The van der Waals surface area contributed by atoms with E-state index in [0.717, 1.165) is 42.6 Å². The summed E-state index contributed by atoms with van der Waals surface area (Å²) in [6, 6.07) is 1.61. The molecule has 86 valence electrons. The van der Waals surface area contributed by atoms with Crippen LogP contribution in [-0.2, 0) is 10.8 Å². The van der Waals surface area contributed by atoms with Crippen LogP contribution >= 0.6 is 0 Å². The first-order chi connectivity index (χ1) is 7.31. The molecular weight excluding hydrogens is 208 g/mol. The molecule has 3 saturated heterocycles. The normalized spacial score (nSPS) is 42.5. The van der Waals surface area contributed by atoms with Gasteiger partial charge in [0.1, 0.15) is 0 Å². The topological polar surface area (TPSA) is 32.3 Å². The Morgan fingerprint density at radius 2 is 2.07 bits per heavy atom. The lowest BCUT2D eigenvalue weighted by Crippen LogP contribution is -2.42. The first kappa shape index (κ1) is 10.2. The van der Waals surface area contributed by atoms with Gasteiger partial charge < -0.3 is 10.2 Å². The van der Waals surface area contributed by atoms with Crippen molar-refractivity contribution >= 4 is 10.8 Å². The van der Waals surface area contributed by atoms with Crippen LogP contribution in [0.4, 0.5) is 0 Å². The highest BCUT2D eigenvalue weighted by Crippen LogP contribution is 2.33. The van der Waals surface area contributed by atoms with E-state index < -0.39 is 10.8 Å². The molecule has 3 unspecified atom stereocenters. The van der Waals surface area contributed by atoms with Crippen LogP contribution in [0.15, 0.2) is 0 Å². The van der Waals surface area contributed by atoms with E-state index in [4.69, 9.17) is 0 Å². The Labute approximate surface area is 94.1 Å². The second kappa shape index (κ2) is 4.15. The number of nitrogens with zero attached hydrogens (tertiary/aromatic N) is 1. The molecule has 4 heteroatoms. The Kier molecular flexibility index (Phi) is 2.83. The van der Waals surface area contributed by atoms with Crippen molar-refractivity contribution in [3.8, 4) is 0 Å². The molecule has 0 aromatic carbocycles. The third-order valence-electron chi connectivity index (χ3n) is 4.20. The van der Waals surface area contributed by atoms with Crippen LogP contribution in [0.25, 0.3) is 0 Å². The molecule has 0 amide bonds. The van der Waals surface area contributed by atoms with Crippen LogP contribution in [0.2, 0.25) is 0 Å². The molecule has 0 aromatic heterocycles. The molecule has 3 aliphatic rings. The van der Waals surface area contributed by atoms with E-state index in [1.165, 1.54) is 25.8 Å². The maximum Gasteiger partial charge on any atom is 0.0363 e. The van der Waals surface area contributed by atoms with Gasteiger partial charge in [-0.1, -0.05) is 0 Å². The predicted octanol–water partition coefficient (Wildman–Crippen LogP) is 0.191. The van der Waals surface area contributed by atoms with Gasteiger partial charge in [0.05, 0.1) is 0 Å². The van der Waals surface area contributed by atoms with Crippen molar-refractivity contribution in [1.82, 2.24) is 10.2 Å². The molecule has 1 N–H and O–H groups in total. The van der Waals surface area contributed by atoms with Crippen LogP contribution in [0.3, 0.4) is 0 Å². The monoisotopic (exact) mass is 228 g/mol. The summed E-state index contributed by atoms with van der Waals surface area (Å²) in [5.41, 5.74) is 0. The molecule has 3 nitrogen and oxygen atoms in total. The lowest BCUT2D eigenvalue weighted by Gasteiger charge is -2.31. The number of hydrogen-bond donors (Lipinski definition) is 1. The third-order valence-corrected chi connectivity index (χ3v) is 5.47. The summed E-state index contributed by atoms with van der Waals surface area (Å²) in [6.07, 6.45) is 4.16. The number of hydrogen-bond acceptors (Lipinski definition) is 3. The SMILES string of the molecule is O=S1CCN(CC2CC3CCC2N3)CC1. The second-order valence-electron chi connectivity index (χ2n) is 5.19. The average molecular weight is 228 g/mol. The van der Waals surface area contributed by atoms with E-state index in [1.807, 2.05) is 0 Å². The van der Waals surface area contributed by atoms with E-state index in [1.54, 1.807) is 0 Å². The molecule has 2 bridgehead atoms. The van der Waals surface area contributed by atoms with Crippen molar-refractivity contribution in [2.24, 2.45) is 5.92 Å². The number of fused-ring (bicyclic) bond motifs is 2. The molecule has 3 aliphatic heterocycles. The first-order valence-corrected chi connectivity index (χ1v) is 7.63. The minimum atomic E-state index is -0.523. The molecule has 3 heterocycles. The first-order valence-electron chi connectivity index (χ1n) is 6.14. The zero-order valence-corrected chi connectivity index (χ0v) is 9.97. The highest BCUT2D eigenvalue weighted by Gasteiger charge is 2.39. The third kappa shape index (κ3) is 2.12.